The average Bonchev–Trinajstić information content (AvgIpc) is 3.27. The highest BCUT2D eigenvalue weighted by molar-refractivity contribution is 5.31. The molecule has 1 nitrogen and oxygen atoms in total. The lowest BCUT2D eigenvalue weighted by Crippen LogP contribution is -2.19. The molecule has 2 aromatic carbocycles. The van der Waals surface area contributed by atoms with Crippen molar-refractivity contribution in [3.05, 3.63) is 71.8 Å². The maximum Gasteiger partial charge on any atom is 0.00200 e. The van der Waals surface area contributed by atoms with Gasteiger partial charge in [-0.2, -0.15) is 0 Å². The standard InChI is InChI=1S/C18H21N/c1-19-13-18(15-10-6-3-7-11-15)17-12-16(17)14-8-4-2-5-9-14/h2-11,16-19H,12-13H2,1H3. The van der Waals surface area contributed by atoms with E-state index < -0.39 is 0 Å². The second kappa shape index (κ2) is 5.58. The first-order valence-electron chi connectivity index (χ1n) is 7.14. The maximum atomic E-state index is 3.36. The molecule has 0 aliphatic heterocycles. The van der Waals surface area contributed by atoms with E-state index in [0.717, 1.165) is 18.4 Å². The molecular formula is C18H21N. The molecule has 0 radical (unpaired) electrons. The molecule has 1 heteroatoms. The van der Waals surface area contributed by atoms with Crippen LogP contribution in [0.1, 0.15) is 29.4 Å². The first-order chi connectivity index (χ1) is 9.40. The Labute approximate surface area is 115 Å². The van der Waals surface area contributed by atoms with E-state index in [1.807, 2.05) is 0 Å². The van der Waals surface area contributed by atoms with E-state index in [0.29, 0.717) is 5.92 Å². The molecule has 1 fully saturated rings. The first kappa shape index (κ1) is 12.4. The van der Waals surface area contributed by atoms with Crippen molar-refractivity contribution in [2.24, 2.45) is 5.92 Å². The summed E-state index contributed by atoms with van der Waals surface area (Å²) in [7, 11) is 2.05. The topological polar surface area (TPSA) is 12.0 Å². The van der Waals surface area contributed by atoms with E-state index in [-0.39, 0.29) is 0 Å². The van der Waals surface area contributed by atoms with Crippen LogP contribution in [0, 0.1) is 5.92 Å². The predicted molar refractivity (Wildman–Crippen MR) is 80.4 cm³/mol. The molecule has 0 aromatic heterocycles. The molecule has 3 atom stereocenters. The van der Waals surface area contributed by atoms with Crippen LogP contribution in [0.3, 0.4) is 0 Å². The molecule has 0 heterocycles. The van der Waals surface area contributed by atoms with E-state index in [1.165, 1.54) is 17.5 Å². The summed E-state index contributed by atoms with van der Waals surface area (Å²) in [5, 5.41) is 3.36. The van der Waals surface area contributed by atoms with Crippen molar-refractivity contribution in [2.45, 2.75) is 18.3 Å². The predicted octanol–water partition coefficient (Wildman–Crippen LogP) is 3.79. The molecule has 3 rings (SSSR count). The highest BCUT2D eigenvalue weighted by Crippen LogP contribution is 2.54. The van der Waals surface area contributed by atoms with Gasteiger partial charge in [0.15, 0.2) is 0 Å². The molecule has 0 saturated heterocycles. The molecule has 3 unspecified atom stereocenters. The van der Waals surface area contributed by atoms with Crippen LogP contribution in [-0.4, -0.2) is 13.6 Å². The number of likely N-dealkylation sites (N-methyl/N-ethyl adjacent to an activating group) is 1. The van der Waals surface area contributed by atoms with Crippen molar-refractivity contribution < 1.29 is 0 Å². The lowest BCUT2D eigenvalue weighted by molar-refractivity contribution is 0.555. The number of nitrogens with one attached hydrogen (secondary N) is 1. The van der Waals surface area contributed by atoms with E-state index in [1.54, 1.807) is 0 Å². The maximum absolute atomic E-state index is 3.36. The van der Waals surface area contributed by atoms with Gasteiger partial charge in [-0.05, 0) is 42.3 Å². The van der Waals surface area contributed by atoms with E-state index in [9.17, 15) is 0 Å². The normalized spacial score (nSPS) is 23.0. The Morgan fingerprint density at radius 3 is 2.26 bits per heavy atom. The SMILES string of the molecule is CNCC(c1ccccc1)C1CC1c1ccccc1. The molecule has 1 aliphatic carbocycles. The highest BCUT2D eigenvalue weighted by Gasteiger charge is 2.43. The number of hydrogen-bond donors (Lipinski definition) is 1. The fourth-order valence-corrected chi connectivity index (χ4v) is 3.18. The van der Waals surface area contributed by atoms with Crippen LogP contribution >= 0.6 is 0 Å². The molecule has 1 N–H and O–H groups in total. The largest absolute Gasteiger partial charge is 0.319 e. The lowest BCUT2D eigenvalue weighted by atomic mass is 9.91. The Hall–Kier alpha value is -1.60. The summed E-state index contributed by atoms with van der Waals surface area (Å²) in [6.07, 6.45) is 1.32. The Balaban J connectivity index is 1.77. The molecule has 1 saturated carbocycles. The van der Waals surface area contributed by atoms with Gasteiger partial charge in [-0.15, -0.1) is 0 Å². The summed E-state index contributed by atoms with van der Waals surface area (Å²) >= 11 is 0. The molecule has 0 amide bonds. The zero-order valence-electron chi connectivity index (χ0n) is 11.4. The second-order valence-electron chi connectivity index (χ2n) is 5.49. The van der Waals surface area contributed by atoms with Crippen LogP contribution in [0.2, 0.25) is 0 Å². The first-order valence-corrected chi connectivity index (χ1v) is 7.14. The van der Waals surface area contributed by atoms with Gasteiger partial charge in [-0.25, -0.2) is 0 Å². The average molecular weight is 251 g/mol. The van der Waals surface area contributed by atoms with Gasteiger partial charge in [0.1, 0.15) is 0 Å². The van der Waals surface area contributed by atoms with Gasteiger partial charge in [-0.1, -0.05) is 60.7 Å². The fourth-order valence-electron chi connectivity index (χ4n) is 3.18. The second-order valence-corrected chi connectivity index (χ2v) is 5.49. The molecule has 0 bridgehead atoms. The van der Waals surface area contributed by atoms with Crippen molar-refractivity contribution in [1.29, 1.82) is 0 Å². The third-order valence-electron chi connectivity index (χ3n) is 4.24. The van der Waals surface area contributed by atoms with Crippen LogP contribution in [-0.2, 0) is 0 Å². The zero-order valence-corrected chi connectivity index (χ0v) is 11.4. The molecular weight excluding hydrogens is 230 g/mol. The summed E-state index contributed by atoms with van der Waals surface area (Å²) in [4.78, 5) is 0. The number of rotatable bonds is 5. The van der Waals surface area contributed by atoms with Crippen LogP contribution in [0.4, 0.5) is 0 Å². The smallest absolute Gasteiger partial charge is 0.00200 e. The summed E-state index contributed by atoms with van der Waals surface area (Å²) in [5.74, 6) is 2.17. The third kappa shape index (κ3) is 2.71. The molecule has 0 spiro atoms. The van der Waals surface area contributed by atoms with Crippen molar-refractivity contribution in [1.82, 2.24) is 5.32 Å². The summed E-state index contributed by atoms with van der Waals surface area (Å²) < 4.78 is 0. The van der Waals surface area contributed by atoms with Crippen LogP contribution < -0.4 is 5.32 Å². The molecule has 19 heavy (non-hydrogen) atoms. The monoisotopic (exact) mass is 251 g/mol. The van der Waals surface area contributed by atoms with Gasteiger partial charge in [-0.3, -0.25) is 0 Å². The minimum Gasteiger partial charge on any atom is -0.319 e. The van der Waals surface area contributed by atoms with Crippen molar-refractivity contribution in [3.8, 4) is 0 Å². The summed E-state index contributed by atoms with van der Waals surface area (Å²) in [6.45, 7) is 1.07. The van der Waals surface area contributed by atoms with Gasteiger partial charge >= 0.3 is 0 Å². The van der Waals surface area contributed by atoms with E-state index in [4.69, 9.17) is 0 Å². The Kier molecular flexibility index (Phi) is 3.65. The van der Waals surface area contributed by atoms with Crippen LogP contribution in [0.15, 0.2) is 60.7 Å². The van der Waals surface area contributed by atoms with Crippen molar-refractivity contribution in [2.75, 3.05) is 13.6 Å². The molecule has 2 aromatic rings. The Morgan fingerprint density at radius 1 is 1.00 bits per heavy atom. The van der Waals surface area contributed by atoms with Gasteiger partial charge in [0.2, 0.25) is 0 Å². The van der Waals surface area contributed by atoms with Gasteiger partial charge in [0, 0.05) is 6.54 Å². The van der Waals surface area contributed by atoms with E-state index in [2.05, 4.69) is 73.0 Å². The van der Waals surface area contributed by atoms with E-state index >= 15 is 0 Å². The minimum absolute atomic E-state index is 0.636. The number of benzene rings is 2. The van der Waals surface area contributed by atoms with Crippen LogP contribution in [0.5, 0.6) is 0 Å². The van der Waals surface area contributed by atoms with Gasteiger partial charge < -0.3 is 5.32 Å². The van der Waals surface area contributed by atoms with Crippen molar-refractivity contribution >= 4 is 0 Å². The Morgan fingerprint density at radius 2 is 1.63 bits per heavy atom. The highest BCUT2D eigenvalue weighted by atomic mass is 14.8. The quantitative estimate of drug-likeness (QED) is 0.852. The zero-order chi connectivity index (χ0) is 13.1. The number of hydrogen-bond acceptors (Lipinski definition) is 1. The molecule has 1 aliphatic rings. The van der Waals surface area contributed by atoms with Gasteiger partial charge in [0.25, 0.3) is 0 Å². The summed E-state index contributed by atoms with van der Waals surface area (Å²) in [6, 6.07) is 21.9. The Bertz CT molecular complexity index is 506. The van der Waals surface area contributed by atoms with Crippen molar-refractivity contribution in [3.63, 3.8) is 0 Å². The minimum atomic E-state index is 0.636. The molecule has 98 valence electrons. The van der Waals surface area contributed by atoms with Crippen LogP contribution in [0.25, 0.3) is 0 Å². The third-order valence-corrected chi connectivity index (χ3v) is 4.24. The van der Waals surface area contributed by atoms with Gasteiger partial charge in [0.05, 0.1) is 0 Å². The lowest BCUT2D eigenvalue weighted by Gasteiger charge is -2.17. The fraction of sp³-hybridized carbons (Fsp3) is 0.333. The summed E-state index contributed by atoms with van der Waals surface area (Å²) in [5.41, 5.74) is 2.98.